The third-order valence-corrected chi connectivity index (χ3v) is 6.75. The predicted octanol–water partition coefficient (Wildman–Crippen LogP) is 6.00. The zero-order valence-corrected chi connectivity index (χ0v) is 18.8. The second kappa shape index (κ2) is 8.92. The second-order valence-electron chi connectivity index (χ2n) is 7.75. The van der Waals surface area contributed by atoms with Crippen LogP contribution in [0.25, 0.3) is 22.4 Å². The monoisotopic (exact) mass is 469 g/mol. The zero-order valence-electron chi connectivity index (χ0n) is 17.3. The van der Waals surface area contributed by atoms with E-state index in [1.165, 1.54) is 23.5 Å². The number of aromatic nitrogens is 1. The van der Waals surface area contributed by atoms with Gasteiger partial charge in [-0.2, -0.15) is 0 Å². The van der Waals surface area contributed by atoms with Gasteiger partial charge in [0.25, 0.3) is 0 Å². The number of benzene rings is 2. The molecule has 2 aromatic heterocycles. The number of carbonyl (C=O) groups is 1. The van der Waals surface area contributed by atoms with Crippen LogP contribution in [0, 0.1) is 5.82 Å². The molecule has 4 aromatic rings. The summed E-state index contributed by atoms with van der Waals surface area (Å²) in [5.74, 6) is 0.476. The molecule has 0 N–H and O–H groups in total. The Labute approximate surface area is 193 Å². The fourth-order valence-electron chi connectivity index (χ4n) is 3.97. The van der Waals surface area contributed by atoms with Crippen LogP contribution >= 0.6 is 22.9 Å². The van der Waals surface area contributed by atoms with E-state index in [2.05, 4.69) is 9.56 Å². The van der Waals surface area contributed by atoms with Crippen molar-refractivity contribution in [2.45, 2.75) is 25.8 Å². The number of likely N-dealkylation sites (tertiary alicyclic amines) is 1. The van der Waals surface area contributed by atoms with E-state index in [0.717, 1.165) is 46.6 Å². The van der Waals surface area contributed by atoms with E-state index < -0.39 is 5.82 Å². The normalized spacial score (nSPS) is 14.8. The number of amides is 1. The summed E-state index contributed by atoms with van der Waals surface area (Å²) < 4.78 is 22.1. The van der Waals surface area contributed by atoms with Gasteiger partial charge in [-0.3, -0.25) is 4.79 Å². The largest absolute Gasteiger partial charge is 0.454 e. The molecule has 0 radical (unpaired) electrons. The fourth-order valence-corrected chi connectivity index (χ4v) is 5.02. The van der Waals surface area contributed by atoms with Gasteiger partial charge < -0.3 is 13.9 Å². The number of thiazole rings is 1. The average molecular weight is 470 g/mol. The van der Waals surface area contributed by atoms with Gasteiger partial charge in [-0.15, -0.1) is 11.3 Å². The smallest absolute Gasteiger partial charge is 0.222 e. The topological polar surface area (TPSA) is 50.7 Å². The van der Waals surface area contributed by atoms with Crippen molar-refractivity contribution in [1.82, 2.24) is 9.47 Å². The molecule has 0 atom stereocenters. The maximum atomic E-state index is 13.9. The van der Waals surface area contributed by atoms with Gasteiger partial charge in [-0.25, -0.2) is 9.38 Å². The minimum atomic E-state index is -0.499. The number of rotatable bonds is 6. The second-order valence-corrected chi connectivity index (χ2v) is 9.00. The lowest BCUT2D eigenvalue weighted by molar-refractivity contribution is -0.127. The Kier molecular flexibility index (Phi) is 5.85. The van der Waals surface area contributed by atoms with Crippen molar-refractivity contribution in [3.63, 3.8) is 0 Å². The summed E-state index contributed by atoms with van der Waals surface area (Å²) in [6.45, 7) is 2.19. The Bertz CT molecular complexity index is 1320. The zero-order chi connectivity index (χ0) is 22.1. The molecule has 1 aliphatic rings. The van der Waals surface area contributed by atoms with Crippen LogP contribution in [0.5, 0.6) is 0 Å². The predicted molar refractivity (Wildman–Crippen MR) is 125 cm³/mol. The summed E-state index contributed by atoms with van der Waals surface area (Å²) in [6.07, 6.45) is 2.35. The highest BCUT2D eigenvalue weighted by Gasteiger charge is 2.20. The Morgan fingerprint density at radius 3 is 2.81 bits per heavy atom. The minimum Gasteiger partial charge on any atom is -0.454 e. The summed E-state index contributed by atoms with van der Waals surface area (Å²) in [5.41, 5.74) is 2.22. The lowest BCUT2D eigenvalue weighted by Gasteiger charge is -2.16. The van der Waals surface area contributed by atoms with E-state index in [9.17, 15) is 9.18 Å². The molecule has 0 aliphatic carbocycles. The van der Waals surface area contributed by atoms with Crippen LogP contribution in [0.3, 0.4) is 0 Å². The summed E-state index contributed by atoms with van der Waals surface area (Å²) in [5, 5.41) is 3.10. The highest BCUT2D eigenvalue weighted by atomic mass is 35.5. The van der Waals surface area contributed by atoms with E-state index in [1.807, 2.05) is 40.6 Å². The molecule has 8 heteroatoms. The van der Waals surface area contributed by atoms with Crippen LogP contribution in [0.15, 0.2) is 63.3 Å². The van der Waals surface area contributed by atoms with Crippen LogP contribution in [-0.2, 0) is 11.3 Å². The summed E-state index contributed by atoms with van der Waals surface area (Å²) >= 11 is 7.29. The Morgan fingerprint density at radius 1 is 1.16 bits per heavy atom. The molecule has 0 spiro atoms. The molecule has 0 saturated carbocycles. The Balaban J connectivity index is 1.51. The number of furan rings is 1. The number of nitrogens with zero attached hydrogens (tertiary/aromatic N) is 3. The standard InChI is InChI=1S/C24H21ClFN3O2S/c25-18-9-8-17(14-19(18)26)27-24-29(12-4-11-28-10-3-7-23(28)30)20(15-32-24)22-13-16-5-1-2-6-21(16)31-22/h1-2,5-6,8-9,13-15H,3-4,7,10-12H2. The fraction of sp³-hybridized carbons (Fsp3) is 0.250. The lowest BCUT2D eigenvalue weighted by Crippen LogP contribution is -2.27. The van der Waals surface area contributed by atoms with Crippen LogP contribution in [0.1, 0.15) is 19.3 Å². The molecule has 3 heterocycles. The van der Waals surface area contributed by atoms with Crippen molar-refractivity contribution in [3.05, 3.63) is 69.6 Å². The first-order chi connectivity index (χ1) is 15.6. The van der Waals surface area contributed by atoms with Crippen LogP contribution in [-0.4, -0.2) is 28.5 Å². The van der Waals surface area contributed by atoms with E-state index in [4.69, 9.17) is 16.0 Å². The number of para-hydroxylation sites is 1. The van der Waals surface area contributed by atoms with Gasteiger partial charge in [-0.1, -0.05) is 29.8 Å². The number of hydrogen-bond donors (Lipinski definition) is 0. The summed E-state index contributed by atoms with van der Waals surface area (Å²) in [4.78, 5) is 19.3. The van der Waals surface area contributed by atoms with Gasteiger partial charge in [0, 0.05) is 42.9 Å². The van der Waals surface area contributed by atoms with Gasteiger partial charge in [0.1, 0.15) is 11.4 Å². The number of fused-ring (bicyclic) bond motifs is 1. The van der Waals surface area contributed by atoms with Crippen LogP contribution in [0.4, 0.5) is 10.1 Å². The highest BCUT2D eigenvalue weighted by Crippen LogP contribution is 2.29. The summed E-state index contributed by atoms with van der Waals surface area (Å²) in [7, 11) is 0. The van der Waals surface area contributed by atoms with Gasteiger partial charge in [0.2, 0.25) is 5.91 Å². The average Bonchev–Trinajstić information content (AvgIpc) is 3.49. The van der Waals surface area contributed by atoms with Crippen LogP contribution < -0.4 is 4.80 Å². The quantitative estimate of drug-likeness (QED) is 0.347. The molecular formula is C24H21ClFN3O2S. The molecule has 0 bridgehead atoms. The minimum absolute atomic E-state index is 0.0706. The van der Waals surface area contributed by atoms with Crippen LogP contribution in [0.2, 0.25) is 5.02 Å². The van der Waals surface area contributed by atoms with E-state index in [0.29, 0.717) is 25.2 Å². The van der Waals surface area contributed by atoms with Crippen molar-refractivity contribution in [1.29, 1.82) is 0 Å². The van der Waals surface area contributed by atoms with Gasteiger partial charge >= 0.3 is 0 Å². The third kappa shape index (κ3) is 4.23. The SMILES string of the molecule is O=C1CCCN1CCCn1c(-c2cc3ccccc3o2)csc1=Nc1ccc(Cl)c(F)c1. The number of carbonyl (C=O) groups excluding carboxylic acids is 1. The molecule has 164 valence electrons. The Morgan fingerprint density at radius 2 is 2.03 bits per heavy atom. The van der Waals surface area contributed by atoms with Crippen molar-refractivity contribution in [3.8, 4) is 11.5 Å². The van der Waals surface area contributed by atoms with Gasteiger partial charge in [0.05, 0.1) is 16.4 Å². The molecule has 1 saturated heterocycles. The van der Waals surface area contributed by atoms with Gasteiger partial charge in [-0.05, 0) is 37.1 Å². The van der Waals surface area contributed by atoms with E-state index in [-0.39, 0.29) is 10.9 Å². The first kappa shape index (κ1) is 21.0. The molecular weight excluding hydrogens is 449 g/mol. The van der Waals surface area contributed by atoms with Crippen molar-refractivity contribution < 1.29 is 13.6 Å². The molecule has 5 rings (SSSR count). The van der Waals surface area contributed by atoms with E-state index >= 15 is 0 Å². The lowest BCUT2D eigenvalue weighted by atomic mass is 10.2. The molecule has 0 unspecified atom stereocenters. The highest BCUT2D eigenvalue weighted by molar-refractivity contribution is 7.07. The Hall–Kier alpha value is -2.90. The van der Waals surface area contributed by atoms with Crippen molar-refractivity contribution in [2.24, 2.45) is 4.99 Å². The van der Waals surface area contributed by atoms with Gasteiger partial charge in [0.15, 0.2) is 10.6 Å². The molecule has 1 aliphatic heterocycles. The molecule has 5 nitrogen and oxygen atoms in total. The number of halogens is 2. The first-order valence-electron chi connectivity index (χ1n) is 10.5. The van der Waals surface area contributed by atoms with Crippen molar-refractivity contribution in [2.75, 3.05) is 13.1 Å². The summed E-state index contributed by atoms with van der Waals surface area (Å²) in [6, 6.07) is 14.4. The maximum absolute atomic E-state index is 13.9. The first-order valence-corrected chi connectivity index (χ1v) is 11.8. The molecule has 32 heavy (non-hydrogen) atoms. The molecule has 1 amide bonds. The third-order valence-electron chi connectivity index (χ3n) is 5.58. The maximum Gasteiger partial charge on any atom is 0.222 e. The molecule has 2 aromatic carbocycles. The van der Waals surface area contributed by atoms with E-state index in [1.54, 1.807) is 6.07 Å². The van der Waals surface area contributed by atoms with Crippen molar-refractivity contribution >= 4 is 45.5 Å². The molecule has 1 fully saturated rings. The number of hydrogen-bond acceptors (Lipinski definition) is 4.